The molecule has 140 valence electrons. The molecule has 0 aliphatic carbocycles. The van der Waals surface area contributed by atoms with E-state index in [4.69, 9.17) is 21.6 Å². The van der Waals surface area contributed by atoms with Gasteiger partial charge in [-0.15, -0.1) is 0 Å². The zero-order valence-electron chi connectivity index (χ0n) is 15.5. The molecular formula is C21H24ClN5. The van der Waals surface area contributed by atoms with Gasteiger partial charge in [0.25, 0.3) is 0 Å². The van der Waals surface area contributed by atoms with Crippen molar-refractivity contribution >= 4 is 34.9 Å². The van der Waals surface area contributed by atoms with Crippen molar-refractivity contribution in [2.24, 2.45) is 4.99 Å². The van der Waals surface area contributed by atoms with Crippen LogP contribution in [0.15, 0.2) is 41.4 Å². The van der Waals surface area contributed by atoms with E-state index < -0.39 is 0 Å². The largest absolute Gasteiger partial charge is 0.340 e. The van der Waals surface area contributed by atoms with Gasteiger partial charge in [0.05, 0.1) is 11.7 Å². The minimum absolute atomic E-state index is 0.337. The van der Waals surface area contributed by atoms with Gasteiger partial charge in [-0.1, -0.05) is 17.7 Å². The first-order valence-corrected chi connectivity index (χ1v) is 9.91. The zero-order valence-corrected chi connectivity index (χ0v) is 16.2. The summed E-state index contributed by atoms with van der Waals surface area (Å²) >= 11 is 6.00. The number of benzene rings is 1. The highest BCUT2D eigenvalue weighted by Crippen LogP contribution is 2.27. The standard InChI is InChI=1S/C21H24ClN5/c1-14-4-5-15(13-24-14)19-11-20(25-18-8-6-17(22)7-9-18)27-21(26-19)16-3-2-10-23-12-16/h5-9,11,13-14,16,23H,2-4,10,12H2,1H3,(H,25,26,27). The average molecular weight is 382 g/mol. The van der Waals surface area contributed by atoms with Gasteiger partial charge in [-0.25, -0.2) is 9.97 Å². The number of aliphatic imine (C=N–C) groups is 1. The number of allylic oxidation sites excluding steroid dienone is 1. The normalized spacial score (nSPS) is 22.4. The van der Waals surface area contributed by atoms with Crippen LogP contribution in [0.25, 0.3) is 5.57 Å². The fraction of sp³-hybridized carbons (Fsp3) is 0.381. The quantitative estimate of drug-likeness (QED) is 0.813. The van der Waals surface area contributed by atoms with Gasteiger partial charge in [-0.05, 0) is 57.0 Å². The van der Waals surface area contributed by atoms with Crippen molar-refractivity contribution in [3.05, 3.63) is 52.9 Å². The number of rotatable bonds is 4. The van der Waals surface area contributed by atoms with Gasteiger partial charge in [-0.3, -0.25) is 4.99 Å². The van der Waals surface area contributed by atoms with Crippen LogP contribution < -0.4 is 10.6 Å². The Morgan fingerprint density at radius 1 is 1.19 bits per heavy atom. The van der Waals surface area contributed by atoms with Crippen molar-refractivity contribution in [3.8, 4) is 0 Å². The van der Waals surface area contributed by atoms with Crippen LogP contribution in [0.3, 0.4) is 0 Å². The SMILES string of the molecule is CC1CC=C(c2cc(Nc3ccc(Cl)cc3)nc(C3CCCNC3)n2)C=N1. The number of hydrogen-bond acceptors (Lipinski definition) is 5. The van der Waals surface area contributed by atoms with Crippen molar-refractivity contribution in [1.82, 2.24) is 15.3 Å². The van der Waals surface area contributed by atoms with Gasteiger partial charge in [0.1, 0.15) is 11.6 Å². The Bertz CT molecular complexity index is 853. The van der Waals surface area contributed by atoms with Crippen molar-refractivity contribution in [2.75, 3.05) is 18.4 Å². The maximum absolute atomic E-state index is 6.00. The number of aromatic nitrogens is 2. The Morgan fingerprint density at radius 3 is 2.74 bits per heavy atom. The lowest BCUT2D eigenvalue weighted by atomic mass is 9.98. The van der Waals surface area contributed by atoms with Crippen LogP contribution >= 0.6 is 11.6 Å². The van der Waals surface area contributed by atoms with Gasteiger partial charge >= 0.3 is 0 Å². The van der Waals surface area contributed by atoms with Gasteiger partial charge in [-0.2, -0.15) is 0 Å². The molecule has 1 saturated heterocycles. The second-order valence-electron chi connectivity index (χ2n) is 7.19. The van der Waals surface area contributed by atoms with Crippen molar-refractivity contribution in [1.29, 1.82) is 0 Å². The highest BCUT2D eigenvalue weighted by atomic mass is 35.5. The molecule has 2 N–H and O–H groups in total. The van der Waals surface area contributed by atoms with Crippen LogP contribution in [0.4, 0.5) is 11.5 Å². The Kier molecular flexibility index (Phi) is 5.50. The molecule has 2 atom stereocenters. The minimum Gasteiger partial charge on any atom is -0.340 e. The van der Waals surface area contributed by atoms with E-state index in [9.17, 15) is 0 Å². The van der Waals surface area contributed by atoms with Crippen LogP contribution in [0.1, 0.15) is 43.6 Å². The summed E-state index contributed by atoms with van der Waals surface area (Å²) in [5, 5.41) is 7.57. The van der Waals surface area contributed by atoms with E-state index in [-0.39, 0.29) is 0 Å². The van der Waals surface area contributed by atoms with E-state index >= 15 is 0 Å². The molecule has 2 aliphatic rings. The van der Waals surface area contributed by atoms with Crippen LogP contribution in [0.2, 0.25) is 5.02 Å². The first-order valence-electron chi connectivity index (χ1n) is 9.53. The third kappa shape index (κ3) is 4.54. The Hall–Kier alpha value is -2.24. The summed E-state index contributed by atoms with van der Waals surface area (Å²) in [4.78, 5) is 14.3. The molecule has 6 heteroatoms. The lowest BCUT2D eigenvalue weighted by Crippen LogP contribution is -2.29. The summed E-state index contributed by atoms with van der Waals surface area (Å²) in [5.74, 6) is 2.03. The highest BCUT2D eigenvalue weighted by molar-refractivity contribution is 6.30. The molecule has 5 nitrogen and oxygen atoms in total. The summed E-state index contributed by atoms with van der Waals surface area (Å²) in [5.41, 5.74) is 2.95. The number of halogens is 1. The number of hydrogen-bond donors (Lipinski definition) is 2. The molecule has 27 heavy (non-hydrogen) atoms. The van der Waals surface area contributed by atoms with Crippen LogP contribution in [0.5, 0.6) is 0 Å². The molecule has 1 fully saturated rings. The predicted octanol–water partition coefficient (Wildman–Crippen LogP) is 4.59. The maximum atomic E-state index is 6.00. The molecule has 1 aromatic carbocycles. The Labute approximate surface area is 165 Å². The summed E-state index contributed by atoms with van der Waals surface area (Å²) in [6, 6.07) is 9.99. The highest BCUT2D eigenvalue weighted by Gasteiger charge is 2.20. The van der Waals surface area contributed by atoms with Crippen molar-refractivity contribution < 1.29 is 0 Å². The van der Waals surface area contributed by atoms with E-state index in [0.29, 0.717) is 12.0 Å². The molecule has 0 amide bonds. The second kappa shape index (κ2) is 8.19. The molecule has 2 aromatic rings. The fourth-order valence-electron chi connectivity index (χ4n) is 3.40. The third-order valence-corrected chi connectivity index (χ3v) is 5.22. The lowest BCUT2D eigenvalue weighted by molar-refractivity contribution is 0.446. The van der Waals surface area contributed by atoms with Crippen molar-refractivity contribution in [2.45, 2.75) is 38.1 Å². The van der Waals surface area contributed by atoms with Gasteiger partial charge in [0, 0.05) is 41.0 Å². The number of piperidine rings is 1. The molecule has 0 bridgehead atoms. The molecular weight excluding hydrogens is 358 g/mol. The maximum Gasteiger partial charge on any atom is 0.135 e. The predicted molar refractivity (Wildman–Crippen MR) is 112 cm³/mol. The van der Waals surface area contributed by atoms with Crippen molar-refractivity contribution in [3.63, 3.8) is 0 Å². The number of anilines is 2. The van der Waals surface area contributed by atoms with Gasteiger partial charge in [0.2, 0.25) is 0 Å². The van der Waals surface area contributed by atoms with E-state index in [2.05, 4.69) is 28.6 Å². The third-order valence-electron chi connectivity index (χ3n) is 4.96. The molecule has 2 aliphatic heterocycles. The molecule has 3 heterocycles. The second-order valence-corrected chi connectivity index (χ2v) is 7.63. The van der Waals surface area contributed by atoms with Crippen LogP contribution in [-0.4, -0.2) is 35.3 Å². The topological polar surface area (TPSA) is 62.2 Å². The van der Waals surface area contributed by atoms with Gasteiger partial charge in [0.15, 0.2) is 0 Å². The number of dihydropyridines is 1. The minimum atomic E-state index is 0.337. The van der Waals surface area contributed by atoms with E-state index in [1.165, 1.54) is 0 Å². The van der Waals surface area contributed by atoms with Crippen LogP contribution in [0, 0.1) is 0 Å². The summed E-state index contributed by atoms with van der Waals surface area (Å²) < 4.78 is 0. The Balaban J connectivity index is 1.67. The lowest BCUT2D eigenvalue weighted by Gasteiger charge is -2.23. The summed E-state index contributed by atoms with van der Waals surface area (Å²) in [6.45, 7) is 4.12. The molecule has 0 radical (unpaired) electrons. The number of nitrogens with one attached hydrogen (secondary N) is 2. The Morgan fingerprint density at radius 2 is 2.04 bits per heavy atom. The molecule has 2 unspecified atom stereocenters. The summed E-state index contributed by atoms with van der Waals surface area (Å²) in [7, 11) is 0. The van der Waals surface area contributed by atoms with E-state index in [1.807, 2.05) is 36.5 Å². The average Bonchev–Trinajstić information content (AvgIpc) is 2.71. The number of nitrogens with zero attached hydrogens (tertiary/aromatic N) is 3. The smallest absolute Gasteiger partial charge is 0.135 e. The van der Waals surface area contributed by atoms with E-state index in [1.54, 1.807) is 0 Å². The first-order chi connectivity index (χ1) is 13.2. The molecule has 1 aromatic heterocycles. The molecule has 0 saturated carbocycles. The zero-order chi connectivity index (χ0) is 18.6. The van der Waals surface area contributed by atoms with Gasteiger partial charge < -0.3 is 10.6 Å². The summed E-state index contributed by atoms with van der Waals surface area (Å²) in [6.07, 6.45) is 7.36. The fourth-order valence-corrected chi connectivity index (χ4v) is 3.53. The molecule has 4 rings (SSSR count). The monoisotopic (exact) mass is 381 g/mol. The van der Waals surface area contributed by atoms with Crippen LogP contribution in [-0.2, 0) is 0 Å². The first kappa shape index (κ1) is 18.1. The van der Waals surface area contributed by atoms with E-state index in [0.717, 1.165) is 66.0 Å². The molecule has 0 spiro atoms.